The average Bonchev–Trinajstić information content (AvgIpc) is 2.45. The first kappa shape index (κ1) is 16.8. The Bertz CT molecular complexity index is 340. The largest absolute Gasteiger partial charge is 0.347 e. The van der Waals surface area contributed by atoms with E-state index < -0.39 is 0 Å². The van der Waals surface area contributed by atoms with E-state index in [1.54, 1.807) is 4.90 Å². The third-order valence-corrected chi connectivity index (χ3v) is 5.42. The van der Waals surface area contributed by atoms with Crippen LogP contribution >= 0.6 is 0 Å². The lowest BCUT2D eigenvalue weighted by Crippen LogP contribution is -2.50. The molecule has 0 saturated heterocycles. The Labute approximate surface area is 130 Å². The molecule has 0 radical (unpaired) electrons. The lowest BCUT2D eigenvalue weighted by molar-refractivity contribution is -0.131. The Morgan fingerprint density at radius 1 is 1.10 bits per heavy atom. The molecule has 21 heavy (non-hydrogen) atoms. The van der Waals surface area contributed by atoms with E-state index >= 15 is 0 Å². The van der Waals surface area contributed by atoms with Crippen molar-refractivity contribution in [3.05, 3.63) is 0 Å². The summed E-state index contributed by atoms with van der Waals surface area (Å²) in [5.74, 6) is 2.69. The van der Waals surface area contributed by atoms with Crippen LogP contribution in [0.2, 0.25) is 0 Å². The van der Waals surface area contributed by atoms with Gasteiger partial charge in [-0.2, -0.15) is 0 Å². The summed E-state index contributed by atoms with van der Waals surface area (Å²) in [5, 5.41) is 3.71. The van der Waals surface area contributed by atoms with Gasteiger partial charge in [-0.1, -0.05) is 39.5 Å². The molecule has 3 nitrogen and oxygen atoms in total. The van der Waals surface area contributed by atoms with Crippen LogP contribution in [0.25, 0.3) is 0 Å². The Morgan fingerprint density at radius 3 is 2.38 bits per heavy atom. The van der Waals surface area contributed by atoms with E-state index in [4.69, 9.17) is 0 Å². The van der Waals surface area contributed by atoms with Gasteiger partial charge in [0, 0.05) is 20.1 Å². The molecule has 4 atom stereocenters. The molecule has 2 fully saturated rings. The minimum absolute atomic E-state index is 0.00476. The van der Waals surface area contributed by atoms with Gasteiger partial charge < -0.3 is 10.2 Å². The third-order valence-electron chi connectivity index (χ3n) is 5.42. The van der Waals surface area contributed by atoms with Crippen molar-refractivity contribution in [3.63, 3.8) is 0 Å². The molecule has 3 heteroatoms. The summed E-state index contributed by atoms with van der Waals surface area (Å²) in [6.07, 6.45) is 10.6. The van der Waals surface area contributed by atoms with Crippen molar-refractivity contribution in [2.24, 2.45) is 17.8 Å². The minimum atomic E-state index is 0.00476. The molecule has 122 valence electrons. The SMILES string of the molecule is CC(C)CC(NC1CCC2CCCCC2C1)C(=O)N(C)C. The molecule has 2 saturated carbocycles. The maximum atomic E-state index is 12.4. The van der Waals surface area contributed by atoms with Crippen LogP contribution in [-0.4, -0.2) is 37.0 Å². The van der Waals surface area contributed by atoms with Gasteiger partial charge in [0.2, 0.25) is 5.91 Å². The first-order chi connectivity index (χ1) is 9.97. The van der Waals surface area contributed by atoms with Crippen molar-refractivity contribution >= 4 is 5.91 Å². The minimum Gasteiger partial charge on any atom is -0.347 e. The number of rotatable bonds is 5. The number of hydrogen-bond acceptors (Lipinski definition) is 2. The second-order valence-electron chi connectivity index (χ2n) is 7.90. The molecule has 0 aromatic rings. The molecule has 0 aromatic heterocycles. The molecule has 0 spiro atoms. The summed E-state index contributed by atoms with van der Waals surface area (Å²) < 4.78 is 0. The van der Waals surface area contributed by atoms with E-state index in [0.717, 1.165) is 18.3 Å². The van der Waals surface area contributed by atoms with Gasteiger partial charge in [0.1, 0.15) is 0 Å². The first-order valence-corrected chi connectivity index (χ1v) is 8.94. The van der Waals surface area contributed by atoms with Crippen LogP contribution in [0.15, 0.2) is 0 Å². The number of carbonyl (C=O) groups excluding carboxylic acids is 1. The maximum Gasteiger partial charge on any atom is 0.239 e. The molecule has 0 aromatic carbocycles. The summed E-state index contributed by atoms with van der Waals surface area (Å²) in [5.41, 5.74) is 0. The van der Waals surface area contributed by atoms with E-state index in [1.807, 2.05) is 14.1 Å². The molecule has 0 aliphatic heterocycles. The number of hydrogen-bond donors (Lipinski definition) is 1. The van der Waals surface area contributed by atoms with Gasteiger partial charge in [0.15, 0.2) is 0 Å². The molecule has 0 bridgehead atoms. The molecule has 1 N–H and O–H groups in total. The van der Waals surface area contributed by atoms with Gasteiger partial charge in [-0.05, 0) is 43.4 Å². The van der Waals surface area contributed by atoms with Crippen molar-refractivity contribution in [3.8, 4) is 0 Å². The molecular formula is C18H34N2O. The Kier molecular flexibility index (Phi) is 6.09. The van der Waals surface area contributed by atoms with Gasteiger partial charge >= 0.3 is 0 Å². The lowest BCUT2D eigenvalue weighted by atomic mass is 9.69. The van der Waals surface area contributed by atoms with Gasteiger partial charge in [0.05, 0.1) is 6.04 Å². The van der Waals surface area contributed by atoms with E-state index in [2.05, 4.69) is 19.2 Å². The fourth-order valence-corrected chi connectivity index (χ4v) is 4.33. The zero-order valence-corrected chi connectivity index (χ0v) is 14.4. The highest BCUT2D eigenvalue weighted by Crippen LogP contribution is 2.40. The normalized spacial score (nSPS) is 30.8. The summed E-state index contributed by atoms with van der Waals surface area (Å²) in [6.45, 7) is 4.41. The standard InChI is InChI=1S/C18H34N2O/c1-13(2)11-17(18(21)20(3)4)19-16-10-9-14-7-5-6-8-15(14)12-16/h13-17,19H,5-12H2,1-4H3. The number of likely N-dealkylation sites (N-methyl/N-ethyl adjacent to an activating group) is 1. The highest BCUT2D eigenvalue weighted by Gasteiger charge is 2.34. The maximum absolute atomic E-state index is 12.4. The highest BCUT2D eigenvalue weighted by atomic mass is 16.2. The summed E-state index contributed by atoms with van der Waals surface area (Å²) in [6, 6.07) is 0.558. The molecule has 1 amide bonds. The van der Waals surface area contributed by atoms with E-state index in [0.29, 0.717) is 12.0 Å². The van der Waals surface area contributed by atoms with Crippen LogP contribution in [0.3, 0.4) is 0 Å². The monoisotopic (exact) mass is 294 g/mol. The van der Waals surface area contributed by atoms with Gasteiger partial charge in [0.25, 0.3) is 0 Å². The van der Waals surface area contributed by atoms with Gasteiger partial charge in [-0.25, -0.2) is 0 Å². The predicted molar refractivity (Wildman–Crippen MR) is 88.2 cm³/mol. The Balaban J connectivity index is 1.91. The van der Waals surface area contributed by atoms with Crippen LogP contribution in [0.5, 0.6) is 0 Å². The summed E-state index contributed by atoms with van der Waals surface area (Å²) in [7, 11) is 3.74. The second kappa shape index (κ2) is 7.62. The quantitative estimate of drug-likeness (QED) is 0.842. The van der Waals surface area contributed by atoms with Crippen molar-refractivity contribution in [2.75, 3.05) is 14.1 Å². The van der Waals surface area contributed by atoms with Crippen molar-refractivity contribution in [1.29, 1.82) is 0 Å². The number of nitrogens with one attached hydrogen (secondary N) is 1. The predicted octanol–water partition coefficient (Wildman–Crippen LogP) is 3.44. The van der Waals surface area contributed by atoms with E-state index in [1.165, 1.54) is 44.9 Å². The molecule has 0 heterocycles. The van der Waals surface area contributed by atoms with Crippen molar-refractivity contribution in [2.45, 2.75) is 77.3 Å². The Hall–Kier alpha value is -0.570. The zero-order valence-electron chi connectivity index (χ0n) is 14.4. The number of carbonyl (C=O) groups is 1. The Morgan fingerprint density at radius 2 is 1.76 bits per heavy atom. The number of fused-ring (bicyclic) bond motifs is 1. The molecular weight excluding hydrogens is 260 g/mol. The van der Waals surface area contributed by atoms with Gasteiger partial charge in [-0.15, -0.1) is 0 Å². The highest BCUT2D eigenvalue weighted by molar-refractivity contribution is 5.81. The topological polar surface area (TPSA) is 32.3 Å². The summed E-state index contributed by atoms with van der Waals surface area (Å²) >= 11 is 0. The fraction of sp³-hybridized carbons (Fsp3) is 0.944. The summed E-state index contributed by atoms with van der Waals surface area (Å²) in [4.78, 5) is 14.1. The van der Waals surface area contributed by atoms with Crippen LogP contribution in [0, 0.1) is 17.8 Å². The molecule has 2 rings (SSSR count). The van der Waals surface area contributed by atoms with Crippen molar-refractivity contribution < 1.29 is 4.79 Å². The zero-order chi connectivity index (χ0) is 15.4. The van der Waals surface area contributed by atoms with Crippen LogP contribution in [-0.2, 0) is 4.79 Å². The first-order valence-electron chi connectivity index (χ1n) is 8.94. The second-order valence-corrected chi connectivity index (χ2v) is 7.90. The molecule has 2 aliphatic rings. The van der Waals surface area contributed by atoms with E-state index in [9.17, 15) is 4.79 Å². The van der Waals surface area contributed by atoms with Crippen LogP contribution in [0.4, 0.5) is 0 Å². The fourth-order valence-electron chi connectivity index (χ4n) is 4.33. The van der Waals surface area contributed by atoms with Crippen molar-refractivity contribution in [1.82, 2.24) is 10.2 Å². The smallest absolute Gasteiger partial charge is 0.239 e. The number of amides is 1. The van der Waals surface area contributed by atoms with E-state index in [-0.39, 0.29) is 11.9 Å². The lowest BCUT2D eigenvalue weighted by Gasteiger charge is -2.41. The van der Waals surface area contributed by atoms with Crippen LogP contribution < -0.4 is 5.32 Å². The number of nitrogens with zero attached hydrogens (tertiary/aromatic N) is 1. The van der Waals surface area contributed by atoms with Gasteiger partial charge in [-0.3, -0.25) is 4.79 Å². The van der Waals surface area contributed by atoms with Crippen LogP contribution in [0.1, 0.15) is 65.2 Å². The third kappa shape index (κ3) is 4.70. The average molecular weight is 294 g/mol. The molecule has 4 unspecified atom stereocenters. The molecule has 2 aliphatic carbocycles.